The van der Waals surface area contributed by atoms with Crippen molar-refractivity contribution in [3.05, 3.63) is 107 Å². The summed E-state index contributed by atoms with van der Waals surface area (Å²) in [5.41, 5.74) is 2.19. The van der Waals surface area contributed by atoms with Gasteiger partial charge in [-0.15, -0.1) is 0 Å². The largest absolute Gasteiger partial charge is 0.458 e. The molecule has 0 bridgehead atoms. The van der Waals surface area contributed by atoms with Gasteiger partial charge in [-0.1, -0.05) is 78.9 Å². The molecule has 4 heteroatoms. The van der Waals surface area contributed by atoms with Gasteiger partial charge in [-0.25, -0.2) is 9.18 Å². The van der Waals surface area contributed by atoms with Crippen molar-refractivity contribution in [2.24, 2.45) is 4.99 Å². The molecule has 0 amide bonds. The van der Waals surface area contributed by atoms with Crippen molar-refractivity contribution in [1.82, 2.24) is 0 Å². The van der Waals surface area contributed by atoms with Crippen molar-refractivity contribution in [2.75, 3.05) is 0 Å². The van der Waals surface area contributed by atoms with Crippen molar-refractivity contribution in [2.45, 2.75) is 38.8 Å². The minimum Gasteiger partial charge on any atom is -0.458 e. The fraction of sp³-hybridized carbons (Fsp3) is 0.231. The third-order valence-electron chi connectivity index (χ3n) is 4.43. The first kappa shape index (κ1) is 21.4. The number of halogens is 1. The predicted octanol–water partition coefficient (Wildman–Crippen LogP) is 5.62. The summed E-state index contributed by atoms with van der Waals surface area (Å²) in [7, 11) is 0. The molecule has 0 saturated heterocycles. The van der Waals surface area contributed by atoms with Crippen LogP contribution in [-0.4, -0.2) is 23.3 Å². The van der Waals surface area contributed by atoms with E-state index in [0.29, 0.717) is 11.3 Å². The lowest BCUT2D eigenvalue weighted by Gasteiger charge is -2.23. The smallest absolute Gasteiger partial charge is 0.331 e. The zero-order valence-electron chi connectivity index (χ0n) is 17.5. The predicted molar refractivity (Wildman–Crippen MR) is 118 cm³/mol. The minimum absolute atomic E-state index is 0.116. The SMILES string of the molecule is CC(C)(C)OC(=O)C(Cc1ccccc1F)N=C(c1ccccc1)c1ccccc1. The van der Waals surface area contributed by atoms with Crippen molar-refractivity contribution in [3.63, 3.8) is 0 Å². The highest BCUT2D eigenvalue weighted by Gasteiger charge is 2.27. The number of carbonyl (C=O) groups excluding carboxylic acids is 1. The van der Waals surface area contributed by atoms with E-state index in [-0.39, 0.29) is 12.2 Å². The van der Waals surface area contributed by atoms with E-state index in [1.165, 1.54) is 6.07 Å². The van der Waals surface area contributed by atoms with Gasteiger partial charge < -0.3 is 4.74 Å². The first-order chi connectivity index (χ1) is 14.3. The third kappa shape index (κ3) is 5.86. The quantitative estimate of drug-likeness (QED) is 0.396. The maximum atomic E-state index is 14.3. The first-order valence-electron chi connectivity index (χ1n) is 9.98. The zero-order chi connectivity index (χ0) is 21.6. The molecule has 1 atom stereocenters. The molecule has 0 aliphatic heterocycles. The number of nitrogens with zero attached hydrogens (tertiary/aromatic N) is 1. The summed E-state index contributed by atoms with van der Waals surface area (Å²) in [6.07, 6.45) is 0.116. The van der Waals surface area contributed by atoms with Crippen molar-refractivity contribution < 1.29 is 13.9 Å². The van der Waals surface area contributed by atoms with Crippen molar-refractivity contribution in [3.8, 4) is 0 Å². The number of benzene rings is 3. The van der Waals surface area contributed by atoms with Gasteiger partial charge in [0.2, 0.25) is 0 Å². The normalized spacial score (nSPS) is 12.1. The van der Waals surface area contributed by atoms with Gasteiger partial charge in [0.1, 0.15) is 11.4 Å². The monoisotopic (exact) mass is 403 g/mol. The van der Waals surface area contributed by atoms with E-state index in [4.69, 9.17) is 9.73 Å². The number of ether oxygens (including phenoxy) is 1. The second kappa shape index (κ2) is 9.49. The Bertz CT molecular complexity index is 966. The van der Waals surface area contributed by atoms with E-state index in [0.717, 1.165) is 11.1 Å². The third-order valence-corrected chi connectivity index (χ3v) is 4.43. The molecular formula is C26H26FNO2. The molecule has 0 radical (unpaired) electrons. The van der Waals surface area contributed by atoms with Crippen LogP contribution in [0.2, 0.25) is 0 Å². The lowest BCUT2D eigenvalue weighted by Crippen LogP contribution is -2.33. The molecule has 154 valence electrons. The molecule has 0 N–H and O–H groups in total. The Balaban J connectivity index is 2.08. The highest BCUT2D eigenvalue weighted by Crippen LogP contribution is 2.19. The molecule has 0 spiro atoms. The van der Waals surface area contributed by atoms with Crippen LogP contribution in [0.15, 0.2) is 89.9 Å². The maximum absolute atomic E-state index is 14.3. The number of esters is 1. The van der Waals surface area contributed by atoms with Gasteiger partial charge in [0.25, 0.3) is 0 Å². The fourth-order valence-corrected chi connectivity index (χ4v) is 3.09. The van der Waals surface area contributed by atoms with Crippen LogP contribution >= 0.6 is 0 Å². The number of carbonyl (C=O) groups is 1. The summed E-state index contributed by atoms with van der Waals surface area (Å²) in [6.45, 7) is 5.43. The average Bonchev–Trinajstić information content (AvgIpc) is 2.72. The van der Waals surface area contributed by atoms with Crippen LogP contribution in [0.4, 0.5) is 4.39 Å². The van der Waals surface area contributed by atoms with Crippen LogP contribution < -0.4 is 0 Å². The van der Waals surface area contributed by atoms with Crippen LogP contribution in [-0.2, 0) is 16.0 Å². The lowest BCUT2D eigenvalue weighted by atomic mass is 10.0. The number of rotatable bonds is 6. The molecule has 0 aliphatic carbocycles. The number of hydrogen-bond acceptors (Lipinski definition) is 3. The summed E-state index contributed by atoms with van der Waals surface area (Å²) < 4.78 is 20.0. The van der Waals surface area contributed by atoms with Crippen LogP contribution in [0.5, 0.6) is 0 Å². The average molecular weight is 403 g/mol. The van der Waals surface area contributed by atoms with E-state index in [2.05, 4.69) is 0 Å². The van der Waals surface area contributed by atoms with E-state index in [9.17, 15) is 9.18 Å². The Kier molecular flexibility index (Phi) is 6.78. The maximum Gasteiger partial charge on any atom is 0.331 e. The van der Waals surface area contributed by atoms with Gasteiger partial charge in [0.05, 0.1) is 5.71 Å². The zero-order valence-corrected chi connectivity index (χ0v) is 17.5. The Morgan fingerprint density at radius 1 is 0.867 bits per heavy atom. The van der Waals surface area contributed by atoms with E-state index >= 15 is 0 Å². The molecule has 30 heavy (non-hydrogen) atoms. The molecular weight excluding hydrogens is 377 g/mol. The molecule has 0 saturated carbocycles. The summed E-state index contributed by atoms with van der Waals surface area (Å²) in [4.78, 5) is 17.8. The standard InChI is InChI=1S/C26H26FNO2/c1-26(2,3)30-25(29)23(18-21-16-10-11-17-22(21)27)28-24(19-12-6-4-7-13-19)20-14-8-5-9-15-20/h4-17,23H,18H2,1-3H3. The highest BCUT2D eigenvalue weighted by atomic mass is 19.1. The Morgan fingerprint density at radius 3 is 1.87 bits per heavy atom. The number of hydrogen-bond donors (Lipinski definition) is 0. The van der Waals surface area contributed by atoms with Gasteiger partial charge in [0.15, 0.2) is 6.04 Å². The highest BCUT2D eigenvalue weighted by molar-refractivity contribution is 6.13. The van der Waals surface area contributed by atoms with Crippen LogP contribution in [0, 0.1) is 5.82 Å². The summed E-state index contributed by atoms with van der Waals surface area (Å²) in [5.74, 6) is -0.836. The van der Waals surface area contributed by atoms with Gasteiger partial charge in [-0.05, 0) is 32.4 Å². The van der Waals surface area contributed by atoms with Gasteiger partial charge in [-0.3, -0.25) is 4.99 Å². The van der Waals surface area contributed by atoms with E-state index in [1.807, 2.05) is 81.4 Å². The molecule has 1 unspecified atom stereocenters. The molecule has 3 aromatic carbocycles. The Morgan fingerprint density at radius 2 is 1.37 bits per heavy atom. The number of aliphatic imine (C=N–C) groups is 1. The Labute approximate surface area is 177 Å². The summed E-state index contributed by atoms with van der Waals surface area (Å²) in [6, 6.07) is 24.9. The molecule has 0 aromatic heterocycles. The molecule has 0 aliphatic rings. The van der Waals surface area contributed by atoms with Crippen LogP contribution in [0.1, 0.15) is 37.5 Å². The molecule has 3 aromatic rings. The minimum atomic E-state index is -0.878. The topological polar surface area (TPSA) is 38.7 Å². The second-order valence-electron chi connectivity index (χ2n) is 8.05. The first-order valence-corrected chi connectivity index (χ1v) is 9.98. The van der Waals surface area contributed by atoms with E-state index in [1.54, 1.807) is 18.2 Å². The lowest BCUT2D eigenvalue weighted by molar-refractivity contribution is -0.156. The van der Waals surface area contributed by atoms with Gasteiger partial charge in [-0.2, -0.15) is 0 Å². The summed E-state index contributed by atoms with van der Waals surface area (Å²) in [5, 5.41) is 0. The van der Waals surface area contributed by atoms with Crippen molar-refractivity contribution >= 4 is 11.7 Å². The van der Waals surface area contributed by atoms with E-state index < -0.39 is 17.6 Å². The Hall–Kier alpha value is -3.27. The molecule has 0 heterocycles. The summed E-state index contributed by atoms with van der Waals surface area (Å²) >= 11 is 0. The van der Waals surface area contributed by atoms with Crippen LogP contribution in [0.3, 0.4) is 0 Å². The van der Waals surface area contributed by atoms with Crippen molar-refractivity contribution in [1.29, 1.82) is 0 Å². The van der Waals surface area contributed by atoms with Gasteiger partial charge in [0, 0.05) is 17.5 Å². The molecule has 3 nitrogen and oxygen atoms in total. The van der Waals surface area contributed by atoms with Gasteiger partial charge >= 0.3 is 5.97 Å². The second-order valence-corrected chi connectivity index (χ2v) is 8.05. The molecule has 0 fully saturated rings. The molecule has 3 rings (SSSR count). The fourth-order valence-electron chi connectivity index (χ4n) is 3.09. The van der Waals surface area contributed by atoms with Crippen LogP contribution in [0.25, 0.3) is 0 Å².